The van der Waals surface area contributed by atoms with E-state index in [0.717, 1.165) is 16.8 Å². The minimum absolute atomic E-state index is 0.0105. The first-order valence-corrected chi connectivity index (χ1v) is 6.49. The van der Waals surface area contributed by atoms with Gasteiger partial charge in [0.15, 0.2) is 0 Å². The largest absolute Gasteiger partial charge is 0.396 e. The Hall–Kier alpha value is -2.38. The van der Waals surface area contributed by atoms with Gasteiger partial charge in [0.1, 0.15) is 11.6 Å². The Kier molecular flexibility index (Phi) is 4.34. The van der Waals surface area contributed by atoms with Crippen LogP contribution in [0.15, 0.2) is 41.2 Å². The van der Waals surface area contributed by atoms with E-state index in [2.05, 4.69) is 0 Å². The topological polar surface area (TPSA) is 66.0 Å². The molecule has 1 heterocycles. The number of nitrogens with zero attached hydrogens (tertiary/aromatic N) is 2. The maximum Gasteiger partial charge on any atom is 0.268 e. The lowest BCUT2D eigenvalue weighted by Gasteiger charge is -2.13. The number of pyridine rings is 1. The van der Waals surface area contributed by atoms with E-state index in [1.165, 1.54) is 0 Å². The predicted molar refractivity (Wildman–Crippen MR) is 77.3 cm³/mol. The van der Waals surface area contributed by atoms with Crippen LogP contribution in [0.5, 0.6) is 0 Å². The number of aryl methyl sites for hydroxylation is 1. The first-order chi connectivity index (χ1) is 9.67. The molecule has 20 heavy (non-hydrogen) atoms. The van der Waals surface area contributed by atoms with Gasteiger partial charge in [0.25, 0.3) is 5.56 Å². The Balaban J connectivity index is 2.57. The molecule has 0 fully saturated rings. The summed E-state index contributed by atoms with van der Waals surface area (Å²) in [6.45, 7) is 2.41. The molecule has 0 unspecified atom stereocenters. The number of benzene rings is 1. The fraction of sp³-hybridized carbons (Fsp3) is 0.250. The summed E-state index contributed by atoms with van der Waals surface area (Å²) in [5, 5.41) is 17.9. The van der Waals surface area contributed by atoms with Gasteiger partial charge in [0.05, 0.1) is 5.69 Å². The van der Waals surface area contributed by atoms with Gasteiger partial charge in [-0.2, -0.15) is 5.26 Å². The van der Waals surface area contributed by atoms with Gasteiger partial charge in [-0.15, -0.1) is 0 Å². The van der Waals surface area contributed by atoms with Crippen LogP contribution < -0.4 is 5.56 Å². The molecule has 1 aromatic carbocycles. The smallest absolute Gasteiger partial charge is 0.268 e. The van der Waals surface area contributed by atoms with Crippen molar-refractivity contribution < 1.29 is 5.11 Å². The van der Waals surface area contributed by atoms with Crippen molar-refractivity contribution in [1.29, 1.82) is 5.26 Å². The molecule has 4 heteroatoms. The zero-order valence-corrected chi connectivity index (χ0v) is 11.3. The molecule has 0 atom stereocenters. The van der Waals surface area contributed by atoms with Crippen molar-refractivity contribution in [3.63, 3.8) is 0 Å². The van der Waals surface area contributed by atoms with Crippen LogP contribution in [0.3, 0.4) is 0 Å². The normalized spacial score (nSPS) is 10.2. The summed E-state index contributed by atoms with van der Waals surface area (Å²) in [7, 11) is 0. The van der Waals surface area contributed by atoms with Crippen LogP contribution in [0.2, 0.25) is 0 Å². The van der Waals surface area contributed by atoms with Gasteiger partial charge in [-0.25, -0.2) is 0 Å². The average Bonchev–Trinajstić information content (AvgIpc) is 2.47. The summed E-state index contributed by atoms with van der Waals surface area (Å²) in [5.41, 5.74) is 2.65. The highest BCUT2D eigenvalue weighted by Crippen LogP contribution is 2.19. The lowest BCUT2D eigenvalue weighted by Crippen LogP contribution is -2.24. The van der Waals surface area contributed by atoms with Gasteiger partial charge < -0.3 is 9.67 Å². The van der Waals surface area contributed by atoms with Gasteiger partial charge in [-0.1, -0.05) is 29.8 Å². The third-order valence-electron chi connectivity index (χ3n) is 3.18. The van der Waals surface area contributed by atoms with Gasteiger partial charge in [0.2, 0.25) is 0 Å². The molecule has 0 saturated carbocycles. The van der Waals surface area contributed by atoms with Crippen molar-refractivity contribution in [3.8, 4) is 17.3 Å². The Morgan fingerprint density at radius 3 is 2.50 bits per heavy atom. The van der Waals surface area contributed by atoms with Gasteiger partial charge in [0, 0.05) is 13.2 Å². The first kappa shape index (κ1) is 14.0. The Morgan fingerprint density at radius 2 is 1.90 bits per heavy atom. The summed E-state index contributed by atoms with van der Waals surface area (Å²) in [4.78, 5) is 12.2. The minimum Gasteiger partial charge on any atom is -0.396 e. The fourth-order valence-electron chi connectivity index (χ4n) is 2.09. The Morgan fingerprint density at radius 1 is 1.20 bits per heavy atom. The maximum absolute atomic E-state index is 12.2. The van der Waals surface area contributed by atoms with Crippen LogP contribution in [0.25, 0.3) is 11.3 Å². The van der Waals surface area contributed by atoms with Crippen molar-refractivity contribution in [3.05, 3.63) is 57.9 Å². The number of aliphatic hydroxyl groups is 1. The van der Waals surface area contributed by atoms with E-state index in [4.69, 9.17) is 10.4 Å². The molecule has 102 valence electrons. The van der Waals surface area contributed by atoms with Crippen LogP contribution in [0, 0.1) is 18.3 Å². The summed E-state index contributed by atoms with van der Waals surface area (Å²) in [6, 6.07) is 13.1. The van der Waals surface area contributed by atoms with Crippen LogP contribution in [0.4, 0.5) is 0 Å². The summed E-state index contributed by atoms with van der Waals surface area (Å²) in [5.74, 6) is 0. The van der Waals surface area contributed by atoms with E-state index >= 15 is 0 Å². The first-order valence-electron chi connectivity index (χ1n) is 6.49. The zero-order valence-electron chi connectivity index (χ0n) is 11.3. The second-order valence-corrected chi connectivity index (χ2v) is 4.64. The van der Waals surface area contributed by atoms with Gasteiger partial charge in [-0.05, 0) is 31.0 Å². The van der Waals surface area contributed by atoms with Crippen molar-refractivity contribution >= 4 is 0 Å². The molecule has 0 amide bonds. The number of hydrogen-bond donors (Lipinski definition) is 1. The molecule has 0 spiro atoms. The molecule has 4 nitrogen and oxygen atoms in total. The van der Waals surface area contributed by atoms with Crippen molar-refractivity contribution in [2.45, 2.75) is 19.9 Å². The van der Waals surface area contributed by atoms with Crippen molar-refractivity contribution in [1.82, 2.24) is 4.57 Å². The number of hydrogen-bond acceptors (Lipinski definition) is 3. The van der Waals surface area contributed by atoms with E-state index in [-0.39, 0.29) is 17.7 Å². The predicted octanol–water partition coefficient (Wildman–Crippen LogP) is 2.08. The molecular formula is C16H16N2O2. The third kappa shape index (κ3) is 2.79. The number of aromatic nitrogens is 1. The molecule has 0 bridgehead atoms. The van der Waals surface area contributed by atoms with E-state index in [1.54, 1.807) is 16.7 Å². The fourth-order valence-corrected chi connectivity index (χ4v) is 2.09. The second kappa shape index (κ2) is 6.18. The van der Waals surface area contributed by atoms with Gasteiger partial charge in [-0.3, -0.25) is 4.79 Å². The molecule has 0 aliphatic rings. The molecule has 0 aliphatic heterocycles. The number of aliphatic hydroxyl groups excluding tert-OH is 1. The highest BCUT2D eigenvalue weighted by molar-refractivity contribution is 5.60. The standard InChI is InChI=1S/C16H16N2O2/c1-12-3-5-13(6-4-12)15-8-7-14(11-17)16(20)18(15)9-2-10-19/h3-8,19H,2,9-10H2,1H3. The van der Waals surface area contributed by atoms with E-state index in [0.29, 0.717) is 13.0 Å². The van der Waals surface area contributed by atoms with Crippen molar-refractivity contribution in [2.75, 3.05) is 6.61 Å². The van der Waals surface area contributed by atoms with Crippen LogP contribution in [-0.2, 0) is 6.54 Å². The molecule has 2 aromatic rings. The molecular weight excluding hydrogens is 252 g/mol. The van der Waals surface area contributed by atoms with Crippen LogP contribution in [0.1, 0.15) is 17.5 Å². The molecule has 0 radical (unpaired) electrons. The molecule has 0 aliphatic carbocycles. The second-order valence-electron chi connectivity index (χ2n) is 4.64. The Labute approximate surface area is 117 Å². The average molecular weight is 268 g/mol. The molecule has 1 N–H and O–H groups in total. The minimum atomic E-state index is -0.306. The van der Waals surface area contributed by atoms with Crippen molar-refractivity contribution in [2.24, 2.45) is 0 Å². The van der Waals surface area contributed by atoms with Gasteiger partial charge >= 0.3 is 0 Å². The van der Waals surface area contributed by atoms with E-state index in [1.807, 2.05) is 37.3 Å². The number of rotatable bonds is 4. The monoisotopic (exact) mass is 268 g/mol. The summed E-state index contributed by atoms with van der Waals surface area (Å²) in [6.07, 6.45) is 0.480. The molecule has 2 rings (SSSR count). The highest BCUT2D eigenvalue weighted by atomic mass is 16.3. The lowest BCUT2D eigenvalue weighted by atomic mass is 10.1. The van der Waals surface area contributed by atoms with Crippen LogP contribution >= 0.6 is 0 Å². The highest BCUT2D eigenvalue weighted by Gasteiger charge is 2.10. The maximum atomic E-state index is 12.2. The number of nitriles is 1. The lowest BCUT2D eigenvalue weighted by molar-refractivity contribution is 0.279. The summed E-state index contributed by atoms with van der Waals surface area (Å²) < 4.78 is 1.56. The SMILES string of the molecule is Cc1ccc(-c2ccc(C#N)c(=O)n2CCCO)cc1. The zero-order chi connectivity index (χ0) is 14.5. The van der Waals surface area contributed by atoms with E-state index < -0.39 is 0 Å². The van der Waals surface area contributed by atoms with E-state index in [9.17, 15) is 4.79 Å². The van der Waals surface area contributed by atoms with Crippen LogP contribution in [-0.4, -0.2) is 16.3 Å². The molecule has 0 saturated heterocycles. The summed E-state index contributed by atoms with van der Waals surface area (Å²) >= 11 is 0. The quantitative estimate of drug-likeness (QED) is 0.923. The Bertz CT molecular complexity index is 694. The third-order valence-corrected chi connectivity index (χ3v) is 3.18. The molecule has 1 aromatic heterocycles.